The van der Waals surface area contributed by atoms with Crippen molar-refractivity contribution < 1.29 is 0 Å². The summed E-state index contributed by atoms with van der Waals surface area (Å²) < 4.78 is 1.23. The molecule has 1 aromatic heterocycles. The average Bonchev–Trinajstić information content (AvgIpc) is 2.46. The second kappa shape index (κ2) is 2.72. The Labute approximate surface area is 75.4 Å². The zero-order valence-electron chi connectivity index (χ0n) is 6.87. The van der Waals surface area contributed by atoms with Gasteiger partial charge in [0.2, 0.25) is 0 Å². The third kappa shape index (κ3) is 1.14. The monoisotopic (exact) mass is 175 g/mol. The average molecular weight is 175 g/mol. The van der Waals surface area contributed by atoms with Crippen LogP contribution in [0.1, 0.15) is 10.6 Å². The highest BCUT2D eigenvalue weighted by Crippen LogP contribution is 2.23. The summed E-state index contributed by atoms with van der Waals surface area (Å²) >= 11 is 1.68. The van der Waals surface area contributed by atoms with Gasteiger partial charge in [0.1, 0.15) is 5.01 Å². The predicted octanol–water partition coefficient (Wildman–Crippen LogP) is 3.25. The number of nitrogens with zero attached hydrogens (tertiary/aromatic N) is 1. The first kappa shape index (κ1) is 7.50. The topological polar surface area (TPSA) is 12.9 Å². The van der Waals surface area contributed by atoms with Crippen LogP contribution in [-0.2, 0) is 0 Å². The third-order valence-electron chi connectivity index (χ3n) is 1.73. The number of aryl methyl sites for hydroxylation is 1. The number of fused-ring (bicyclic) bond motifs is 1. The molecule has 0 aliphatic heterocycles. The van der Waals surface area contributed by atoms with Gasteiger partial charge in [-0.15, -0.1) is 11.3 Å². The Morgan fingerprint density at radius 3 is 3.08 bits per heavy atom. The number of benzene rings is 1. The summed E-state index contributed by atoms with van der Waals surface area (Å²) in [7, 11) is 0. The summed E-state index contributed by atoms with van der Waals surface area (Å²) in [5, 5.41) is 0.996. The van der Waals surface area contributed by atoms with Gasteiger partial charge in [-0.2, -0.15) is 0 Å². The van der Waals surface area contributed by atoms with E-state index < -0.39 is 0 Å². The quantitative estimate of drug-likeness (QED) is 0.648. The Hall–Kier alpha value is -1.15. The van der Waals surface area contributed by atoms with Gasteiger partial charge in [0.25, 0.3) is 0 Å². The number of hydrogen-bond donors (Lipinski definition) is 0. The van der Waals surface area contributed by atoms with Crippen LogP contribution in [0.4, 0.5) is 0 Å². The van der Waals surface area contributed by atoms with E-state index in [1.54, 1.807) is 17.4 Å². The number of hydrogen-bond acceptors (Lipinski definition) is 2. The summed E-state index contributed by atoms with van der Waals surface area (Å²) in [6.45, 7) is 5.77. The molecule has 0 aliphatic carbocycles. The van der Waals surface area contributed by atoms with Crippen molar-refractivity contribution >= 4 is 27.6 Å². The molecule has 0 amide bonds. The number of rotatable bonds is 1. The Morgan fingerprint density at radius 2 is 2.33 bits per heavy atom. The van der Waals surface area contributed by atoms with E-state index in [1.807, 2.05) is 0 Å². The molecule has 0 unspecified atom stereocenters. The lowest BCUT2D eigenvalue weighted by molar-refractivity contribution is 1.43. The van der Waals surface area contributed by atoms with Crippen LogP contribution in [0.5, 0.6) is 0 Å². The molecule has 0 bridgehead atoms. The highest BCUT2D eigenvalue weighted by molar-refractivity contribution is 7.19. The molecule has 0 atom stereocenters. The summed E-state index contributed by atoms with van der Waals surface area (Å²) in [4.78, 5) is 4.39. The van der Waals surface area contributed by atoms with Gasteiger partial charge in [-0.1, -0.05) is 12.6 Å². The van der Waals surface area contributed by atoms with Crippen LogP contribution >= 0.6 is 11.3 Å². The number of aromatic nitrogens is 1. The van der Waals surface area contributed by atoms with Crippen LogP contribution in [0, 0.1) is 6.92 Å². The van der Waals surface area contributed by atoms with Crippen molar-refractivity contribution in [1.82, 2.24) is 4.98 Å². The molecule has 0 fully saturated rings. The van der Waals surface area contributed by atoms with Crippen molar-refractivity contribution in [2.75, 3.05) is 0 Å². The molecular formula is C10H9NS. The Bertz CT molecular complexity index is 428. The molecule has 2 heteroatoms. The van der Waals surface area contributed by atoms with Gasteiger partial charge in [0.15, 0.2) is 0 Å². The summed E-state index contributed by atoms with van der Waals surface area (Å²) in [5.74, 6) is 0. The SMILES string of the molecule is C=Cc1nc2cc(C)ccc2s1. The van der Waals surface area contributed by atoms with Crippen molar-refractivity contribution in [3.8, 4) is 0 Å². The zero-order chi connectivity index (χ0) is 8.55. The molecule has 0 aliphatic rings. The van der Waals surface area contributed by atoms with E-state index in [4.69, 9.17) is 0 Å². The van der Waals surface area contributed by atoms with Crippen LogP contribution in [0.25, 0.3) is 16.3 Å². The maximum absolute atomic E-state index is 4.39. The van der Waals surface area contributed by atoms with Crippen LogP contribution in [0.3, 0.4) is 0 Å². The highest BCUT2D eigenvalue weighted by Gasteiger charge is 1.99. The normalized spacial score (nSPS) is 10.4. The lowest BCUT2D eigenvalue weighted by Gasteiger charge is -1.88. The fourth-order valence-corrected chi connectivity index (χ4v) is 1.94. The summed E-state index contributed by atoms with van der Waals surface area (Å²) in [6.07, 6.45) is 1.79. The van der Waals surface area contributed by atoms with E-state index in [-0.39, 0.29) is 0 Å². The standard InChI is InChI=1S/C10H9NS/c1-3-10-11-8-6-7(2)4-5-9(8)12-10/h3-6H,1H2,2H3. The molecular weight excluding hydrogens is 166 g/mol. The molecule has 1 aromatic carbocycles. The van der Waals surface area contributed by atoms with Crippen LogP contribution < -0.4 is 0 Å². The van der Waals surface area contributed by atoms with Crippen LogP contribution in [0.15, 0.2) is 24.8 Å². The van der Waals surface area contributed by atoms with Gasteiger partial charge in [-0.3, -0.25) is 0 Å². The van der Waals surface area contributed by atoms with E-state index in [1.165, 1.54) is 10.3 Å². The maximum atomic E-state index is 4.39. The van der Waals surface area contributed by atoms with E-state index >= 15 is 0 Å². The molecule has 0 N–H and O–H groups in total. The first-order valence-corrected chi connectivity index (χ1v) is 4.61. The minimum absolute atomic E-state index is 0.996. The van der Waals surface area contributed by atoms with E-state index in [0.29, 0.717) is 0 Å². The molecule has 2 rings (SSSR count). The van der Waals surface area contributed by atoms with Gasteiger partial charge in [0, 0.05) is 0 Å². The highest BCUT2D eigenvalue weighted by atomic mass is 32.1. The lowest BCUT2D eigenvalue weighted by atomic mass is 10.2. The Morgan fingerprint density at radius 1 is 1.50 bits per heavy atom. The predicted molar refractivity (Wildman–Crippen MR) is 54.4 cm³/mol. The fraction of sp³-hybridized carbons (Fsp3) is 0.100. The first-order chi connectivity index (χ1) is 5.79. The minimum atomic E-state index is 0.996. The molecule has 0 saturated heterocycles. The van der Waals surface area contributed by atoms with Crippen molar-refractivity contribution in [3.63, 3.8) is 0 Å². The Balaban J connectivity index is 2.75. The second-order valence-electron chi connectivity index (χ2n) is 2.73. The van der Waals surface area contributed by atoms with Gasteiger partial charge in [-0.25, -0.2) is 4.98 Å². The Kier molecular flexibility index (Phi) is 1.70. The number of thiazole rings is 1. The first-order valence-electron chi connectivity index (χ1n) is 3.79. The van der Waals surface area contributed by atoms with Crippen LogP contribution in [0.2, 0.25) is 0 Å². The maximum Gasteiger partial charge on any atom is 0.116 e. The van der Waals surface area contributed by atoms with Crippen molar-refractivity contribution in [2.45, 2.75) is 6.92 Å². The molecule has 0 saturated carbocycles. The van der Waals surface area contributed by atoms with Crippen molar-refractivity contribution in [2.24, 2.45) is 0 Å². The third-order valence-corrected chi connectivity index (χ3v) is 2.77. The van der Waals surface area contributed by atoms with Crippen molar-refractivity contribution in [3.05, 3.63) is 35.3 Å². The molecule has 2 aromatic rings. The van der Waals surface area contributed by atoms with Gasteiger partial charge in [0.05, 0.1) is 10.2 Å². The lowest BCUT2D eigenvalue weighted by Crippen LogP contribution is -1.71. The van der Waals surface area contributed by atoms with E-state index in [9.17, 15) is 0 Å². The fourth-order valence-electron chi connectivity index (χ4n) is 1.14. The molecule has 0 spiro atoms. The van der Waals surface area contributed by atoms with Gasteiger partial charge >= 0.3 is 0 Å². The largest absolute Gasteiger partial charge is 0.237 e. The minimum Gasteiger partial charge on any atom is -0.237 e. The summed E-state index contributed by atoms with van der Waals surface area (Å²) in [5.41, 5.74) is 2.33. The van der Waals surface area contributed by atoms with E-state index in [2.05, 4.69) is 36.7 Å². The van der Waals surface area contributed by atoms with Crippen LogP contribution in [-0.4, -0.2) is 4.98 Å². The van der Waals surface area contributed by atoms with Crippen molar-refractivity contribution in [1.29, 1.82) is 0 Å². The molecule has 0 radical (unpaired) electrons. The van der Waals surface area contributed by atoms with Gasteiger partial charge < -0.3 is 0 Å². The molecule has 1 heterocycles. The smallest absolute Gasteiger partial charge is 0.116 e. The zero-order valence-corrected chi connectivity index (χ0v) is 7.69. The van der Waals surface area contributed by atoms with E-state index in [0.717, 1.165) is 10.5 Å². The second-order valence-corrected chi connectivity index (χ2v) is 3.79. The molecule has 12 heavy (non-hydrogen) atoms. The molecule has 60 valence electrons. The van der Waals surface area contributed by atoms with Gasteiger partial charge in [-0.05, 0) is 30.7 Å². The molecule has 1 nitrogen and oxygen atoms in total. The summed E-state index contributed by atoms with van der Waals surface area (Å²) in [6, 6.07) is 6.31.